The van der Waals surface area contributed by atoms with Crippen molar-refractivity contribution >= 4 is 11.9 Å². The van der Waals surface area contributed by atoms with Gasteiger partial charge in [-0.05, 0) is 31.7 Å². The molecular weight excluding hydrogens is 294 g/mol. The molecule has 7 heteroatoms. The highest BCUT2D eigenvalue weighted by molar-refractivity contribution is 5.78. The fourth-order valence-electron chi connectivity index (χ4n) is 3.42. The Morgan fingerprint density at radius 1 is 1.30 bits per heavy atom. The fourth-order valence-corrected chi connectivity index (χ4v) is 3.42. The molecule has 3 rings (SSSR count). The first-order valence-corrected chi connectivity index (χ1v) is 8.54. The van der Waals surface area contributed by atoms with Crippen LogP contribution >= 0.6 is 0 Å². The molecule has 0 unspecified atom stereocenters. The van der Waals surface area contributed by atoms with E-state index in [1.165, 1.54) is 0 Å². The predicted octanol–water partition coefficient (Wildman–Crippen LogP) is 1.07. The zero-order valence-corrected chi connectivity index (χ0v) is 13.5. The number of nitrogens with zero attached hydrogens (tertiary/aromatic N) is 4. The Morgan fingerprint density at radius 2 is 2.13 bits per heavy atom. The van der Waals surface area contributed by atoms with Crippen molar-refractivity contribution in [1.82, 2.24) is 24.9 Å². The molecule has 0 aliphatic carbocycles. The minimum absolute atomic E-state index is 0.0108. The van der Waals surface area contributed by atoms with E-state index in [4.69, 9.17) is 0 Å². The van der Waals surface area contributed by atoms with Crippen molar-refractivity contribution in [3.8, 4) is 0 Å². The Hall–Kier alpha value is -2.05. The summed E-state index contributed by atoms with van der Waals surface area (Å²) in [6.45, 7) is 3.83. The topological polar surface area (TPSA) is 70.5 Å². The average Bonchev–Trinajstić information content (AvgIpc) is 3.23. The van der Waals surface area contributed by atoms with Crippen molar-refractivity contribution in [3.63, 3.8) is 0 Å². The molecule has 2 fully saturated rings. The number of carbonyl (C=O) groups excluding carboxylic acids is 2. The van der Waals surface area contributed by atoms with Gasteiger partial charge in [0, 0.05) is 57.6 Å². The van der Waals surface area contributed by atoms with Crippen LogP contribution in [0.25, 0.3) is 0 Å². The second kappa shape index (κ2) is 7.48. The highest BCUT2D eigenvalue weighted by Gasteiger charge is 2.31. The standard InChI is InChI=1S/C16H25N5O2/c22-15-4-1-11-21(15)14-5-12-19(13-6-14)16(23)17-7-2-9-20-10-3-8-18-20/h3,8,10,14H,1-2,4-7,9,11-13H2,(H,17,23). The molecular formula is C16H25N5O2. The van der Waals surface area contributed by atoms with Crippen molar-refractivity contribution in [2.24, 2.45) is 0 Å². The maximum Gasteiger partial charge on any atom is 0.317 e. The van der Waals surface area contributed by atoms with Crippen molar-refractivity contribution in [1.29, 1.82) is 0 Å². The maximum absolute atomic E-state index is 12.2. The first-order chi connectivity index (χ1) is 11.2. The summed E-state index contributed by atoms with van der Waals surface area (Å²) < 4.78 is 1.87. The Labute approximate surface area is 136 Å². The van der Waals surface area contributed by atoms with Gasteiger partial charge in [0.2, 0.25) is 5.91 Å². The zero-order chi connectivity index (χ0) is 16.1. The lowest BCUT2D eigenvalue weighted by molar-refractivity contribution is -0.130. The molecule has 7 nitrogen and oxygen atoms in total. The molecule has 0 radical (unpaired) electrons. The highest BCUT2D eigenvalue weighted by Crippen LogP contribution is 2.22. The van der Waals surface area contributed by atoms with Gasteiger partial charge in [0.05, 0.1) is 0 Å². The largest absolute Gasteiger partial charge is 0.340 e. The molecule has 1 aromatic rings. The molecule has 2 saturated heterocycles. The van der Waals surface area contributed by atoms with Gasteiger partial charge in [-0.25, -0.2) is 4.79 Å². The van der Waals surface area contributed by atoms with Crippen LogP contribution in [0.1, 0.15) is 32.1 Å². The summed E-state index contributed by atoms with van der Waals surface area (Å²) >= 11 is 0. The van der Waals surface area contributed by atoms with Gasteiger partial charge in [-0.2, -0.15) is 5.10 Å². The number of hydrogen-bond donors (Lipinski definition) is 1. The number of likely N-dealkylation sites (tertiary alicyclic amines) is 2. The van der Waals surface area contributed by atoms with Gasteiger partial charge in [-0.1, -0.05) is 0 Å². The van der Waals surface area contributed by atoms with Crippen LogP contribution in [0.15, 0.2) is 18.5 Å². The highest BCUT2D eigenvalue weighted by atomic mass is 16.2. The molecule has 1 N–H and O–H groups in total. The lowest BCUT2D eigenvalue weighted by Crippen LogP contribution is -2.50. The zero-order valence-electron chi connectivity index (χ0n) is 13.5. The molecule has 3 amide bonds. The van der Waals surface area contributed by atoms with E-state index >= 15 is 0 Å². The molecule has 1 aromatic heterocycles. The Morgan fingerprint density at radius 3 is 2.78 bits per heavy atom. The van der Waals surface area contributed by atoms with E-state index in [9.17, 15) is 9.59 Å². The Bertz CT molecular complexity index is 523. The van der Waals surface area contributed by atoms with Gasteiger partial charge in [-0.15, -0.1) is 0 Å². The first kappa shape index (κ1) is 15.8. The molecule has 23 heavy (non-hydrogen) atoms. The summed E-state index contributed by atoms with van der Waals surface area (Å²) in [6, 6.07) is 2.24. The number of rotatable bonds is 5. The number of nitrogens with one attached hydrogen (secondary N) is 1. The van der Waals surface area contributed by atoms with E-state index in [-0.39, 0.29) is 11.9 Å². The van der Waals surface area contributed by atoms with Gasteiger partial charge < -0.3 is 15.1 Å². The summed E-state index contributed by atoms with van der Waals surface area (Å²) in [7, 11) is 0. The molecule has 126 valence electrons. The summed E-state index contributed by atoms with van der Waals surface area (Å²) in [6.07, 6.45) is 8.01. The Balaban J connectivity index is 1.34. The van der Waals surface area contributed by atoms with Crippen molar-refractivity contribution in [2.45, 2.75) is 44.7 Å². The summed E-state index contributed by atoms with van der Waals surface area (Å²) in [4.78, 5) is 27.8. The molecule has 2 aliphatic heterocycles. The average molecular weight is 319 g/mol. The van der Waals surface area contributed by atoms with Crippen molar-refractivity contribution < 1.29 is 9.59 Å². The number of aromatic nitrogens is 2. The van der Waals surface area contributed by atoms with E-state index < -0.39 is 0 Å². The van der Waals surface area contributed by atoms with Gasteiger partial charge in [0.25, 0.3) is 0 Å². The number of aryl methyl sites for hydroxylation is 1. The normalized spacial score (nSPS) is 19.4. The van der Waals surface area contributed by atoms with Crippen molar-refractivity contribution in [3.05, 3.63) is 18.5 Å². The van der Waals surface area contributed by atoms with Crippen LogP contribution in [-0.4, -0.2) is 63.7 Å². The van der Waals surface area contributed by atoms with E-state index in [2.05, 4.69) is 10.4 Å². The first-order valence-electron chi connectivity index (χ1n) is 8.54. The third-order valence-corrected chi connectivity index (χ3v) is 4.70. The lowest BCUT2D eigenvalue weighted by Gasteiger charge is -2.36. The van der Waals surface area contributed by atoms with E-state index in [0.717, 1.165) is 51.9 Å². The van der Waals surface area contributed by atoms with Crippen LogP contribution in [0.3, 0.4) is 0 Å². The van der Waals surface area contributed by atoms with Crippen molar-refractivity contribution in [2.75, 3.05) is 26.2 Å². The quantitative estimate of drug-likeness (QED) is 0.825. The second-order valence-corrected chi connectivity index (χ2v) is 6.26. The smallest absolute Gasteiger partial charge is 0.317 e. The number of urea groups is 1. The Kier molecular flexibility index (Phi) is 5.15. The van der Waals surface area contributed by atoms with E-state index in [1.807, 2.05) is 26.7 Å². The SMILES string of the molecule is O=C(NCCCn1cccn1)N1CCC(N2CCCC2=O)CC1. The molecule has 0 atom stereocenters. The predicted molar refractivity (Wildman–Crippen MR) is 85.8 cm³/mol. The van der Waals surface area contributed by atoms with Crippen LogP contribution in [0.5, 0.6) is 0 Å². The summed E-state index contributed by atoms with van der Waals surface area (Å²) in [5.41, 5.74) is 0. The van der Waals surface area contributed by atoms with Crippen LogP contribution in [0, 0.1) is 0 Å². The third-order valence-electron chi connectivity index (χ3n) is 4.70. The van der Waals surface area contributed by atoms with Gasteiger partial charge >= 0.3 is 6.03 Å². The lowest BCUT2D eigenvalue weighted by atomic mass is 10.0. The van der Waals surface area contributed by atoms with Gasteiger partial charge in [0.1, 0.15) is 0 Å². The van der Waals surface area contributed by atoms with E-state index in [1.54, 1.807) is 6.20 Å². The third kappa shape index (κ3) is 4.03. The number of piperidine rings is 1. The second-order valence-electron chi connectivity index (χ2n) is 6.26. The van der Waals surface area contributed by atoms with E-state index in [0.29, 0.717) is 19.0 Å². The minimum Gasteiger partial charge on any atom is -0.340 e. The molecule has 0 saturated carbocycles. The van der Waals surface area contributed by atoms with Crippen LogP contribution in [0.4, 0.5) is 4.79 Å². The number of amides is 3. The molecule has 0 bridgehead atoms. The van der Waals surface area contributed by atoms with Gasteiger partial charge in [0.15, 0.2) is 0 Å². The maximum atomic E-state index is 12.2. The monoisotopic (exact) mass is 319 g/mol. The number of hydrogen-bond acceptors (Lipinski definition) is 3. The summed E-state index contributed by atoms with van der Waals surface area (Å²) in [5.74, 6) is 0.284. The molecule has 2 aliphatic rings. The van der Waals surface area contributed by atoms with Gasteiger partial charge in [-0.3, -0.25) is 9.48 Å². The fraction of sp³-hybridized carbons (Fsp3) is 0.688. The minimum atomic E-state index is 0.0108. The van der Waals surface area contributed by atoms with Crippen LogP contribution < -0.4 is 5.32 Å². The molecule has 3 heterocycles. The molecule has 0 spiro atoms. The molecule has 0 aromatic carbocycles. The summed E-state index contributed by atoms with van der Waals surface area (Å²) in [5, 5.41) is 7.11. The van der Waals surface area contributed by atoms with Crippen LogP contribution in [0.2, 0.25) is 0 Å². The number of carbonyl (C=O) groups is 2. The van der Waals surface area contributed by atoms with Crippen LogP contribution in [-0.2, 0) is 11.3 Å².